The Hall–Kier alpha value is -1.37. The largest absolute Gasteiger partial charge is 0.290 e. The number of rotatable bonds is 10. The van der Waals surface area contributed by atoms with Crippen LogP contribution in [0.3, 0.4) is 0 Å². The molecule has 0 saturated carbocycles. The Morgan fingerprint density at radius 3 is 2.42 bits per heavy atom. The molecular formula is C18H27N. The van der Waals surface area contributed by atoms with Gasteiger partial charge < -0.3 is 0 Å². The average Bonchev–Trinajstić information content (AvgIpc) is 2.46. The Morgan fingerprint density at radius 1 is 1.05 bits per heavy atom. The first kappa shape index (κ1) is 15.7. The van der Waals surface area contributed by atoms with Gasteiger partial charge in [0.2, 0.25) is 0 Å². The lowest BCUT2D eigenvalue weighted by Gasteiger charge is -2.03. The van der Waals surface area contributed by atoms with Crippen LogP contribution in [-0.2, 0) is 6.42 Å². The number of hydrogen-bond acceptors (Lipinski definition) is 1. The highest BCUT2D eigenvalue weighted by Crippen LogP contribution is 2.10. The maximum atomic E-state index is 4.41. The molecule has 1 rings (SSSR count). The summed E-state index contributed by atoms with van der Waals surface area (Å²) in [6, 6.07) is 10.8. The predicted octanol–water partition coefficient (Wildman–Crippen LogP) is 5.22. The van der Waals surface area contributed by atoms with E-state index < -0.39 is 0 Å². The van der Waals surface area contributed by atoms with Gasteiger partial charge in [-0.1, -0.05) is 56.2 Å². The van der Waals surface area contributed by atoms with Crippen molar-refractivity contribution >= 4 is 5.71 Å². The minimum Gasteiger partial charge on any atom is -0.290 e. The van der Waals surface area contributed by atoms with Crippen molar-refractivity contribution in [3.63, 3.8) is 0 Å². The second kappa shape index (κ2) is 10.5. The maximum Gasteiger partial charge on any atom is 0.0364 e. The van der Waals surface area contributed by atoms with Crippen LogP contribution in [0.1, 0.15) is 51.0 Å². The van der Waals surface area contributed by atoms with E-state index >= 15 is 0 Å². The third-order valence-corrected chi connectivity index (χ3v) is 3.34. The monoisotopic (exact) mass is 257 g/mol. The summed E-state index contributed by atoms with van der Waals surface area (Å²) < 4.78 is 0. The summed E-state index contributed by atoms with van der Waals surface area (Å²) in [5.41, 5.74) is 2.64. The third kappa shape index (κ3) is 7.61. The van der Waals surface area contributed by atoms with Gasteiger partial charge in [-0.25, -0.2) is 0 Å². The van der Waals surface area contributed by atoms with E-state index in [1.165, 1.54) is 49.8 Å². The number of aliphatic imine (C=N–C) groups is 1. The van der Waals surface area contributed by atoms with Crippen LogP contribution >= 0.6 is 0 Å². The minimum absolute atomic E-state index is 0.873. The van der Waals surface area contributed by atoms with Crippen molar-refractivity contribution in [2.75, 3.05) is 6.54 Å². The van der Waals surface area contributed by atoms with Crippen molar-refractivity contribution in [1.29, 1.82) is 0 Å². The number of benzene rings is 1. The first-order valence-electron chi connectivity index (χ1n) is 7.56. The van der Waals surface area contributed by atoms with E-state index in [4.69, 9.17) is 0 Å². The van der Waals surface area contributed by atoms with Crippen molar-refractivity contribution in [1.82, 2.24) is 0 Å². The van der Waals surface area contributed by atoms with Crippen molar-refractivity contribution in [2.24, 2.45) is 4.99 Å². The first-order valence-corrected chi connectivity index (χ1v) is 7.56. The SMILES string of the molecule is C=CC(CCCCCCCc1ccccc1)=NCC. The lowest BCUT2D eigenvalue weighted by molar-refractivity contribution is 0.622. The Kier molecular flexibility index (Phi) is 8.70. The Morgan fingerprint density at radius 2 is 1.74 bits per heavy atom. The number of allylic oxidation sites excluding steroid dienone is 1. The fourth-order valence-electron chi connectivity index (χ4n) is 2.26. The van der Waals surface area contributed by atoms with Crippen molar-refractivity contribution < 1.29 is 0 Å². The van der Waals surface area contributed by atoms with E-state index in [1.807, 2.05) is 6.08 Å². The summed E-state index contributed by atoms with van der Waals surface area (Å²) in [6.07, 6.45) is 10.8. The lowest BCUT2D eigenvalue weighted by Crippen LogP contribution is -1.94. The van der Waals surface area contributed by atoms with E-state index in [-0.39, 0.29) is 0 Å². The van der Waals surface area contributed by atoms with Gasteiger partial charge in [0.25, 0.3) is 0 Å². The molecule has 19 heavy (non-hydrogen) atoms. The highest BCUT2D eigenvalue weighted by molar-refractivity contribution is 5.94. The molecule has 0 aromatic heterocycles. The van der Waals surface area contributed by atoms with Crippen LogP contribution < -0.4 is 0 Å². The molecule has 0 amide bonds. The van der Waals surface area contributed by atoms with Crippen molar-refractivity contribution in [2.45, 2.75) is 51.9 Å². The van der Waals surface area contributed by atoms with Gasteiger partial charge in [0.15, 0.2) is 0 Å². The molecule has 0 aliphatic carbocycles. The molecule has 0 bridgehead atoms. The fraction of sp³-hybridized carbons (Fsp3) is 0.500. The summed E-state index contributed by atoms with van der Waals surface area (Å²) >= 11 is 0. The molecule has 0 spiro atoms. The van der Waals surface area contributed by atoms with Gasteiger partial charge >= 0.3 is 0 Å². The van der Waals surface area contributed by atoms with Crippen LogP contribution in [0.15, 0.2) is 48.0 Å². The van der Waals surface area contributed by atoms with E-state index in [9.17, 15) is 0 Å². The van der Waals surface area contributed by atoms with Crippen LogP contribution in [0.2, 0.25) is 0 Å². The highest BCUT2D eigenvalue weighted by Gasteiger charge is 1.96. The number of unbranched alkanes of at least 4 members (excludes halogenated alkanes) is 4. The van der Waals surface area contributed by atoms with E-state index in [0.29, 0.717) is 0 Å². The number of hydrogen-bond donors (Lipinski definition) is 0. The van der Waals surface area contributed by atoms with Crippen LogP contribution in [0.4, 0.5) is 0 Å². The predicted molar refractivity (Wildman–Crippen MR) is 86.0 cm³/mol. The molecule has 0 unspecified atom stereocenters. The molecule has 0 aliphatic rings. The normalized spacial score (nSPS) is 11.5. The molecule has 104 valence electrons. The second-order valence-corrected chi connectivity index (χ2v) is 4.92. The molecule has 1 heteroatoms. The standard InChI is InChI=1S/C18H27N/c1-3-18(19-4-2)16-12-7-5-6-9-13-17-14-10-8-11-15-17/h3,8,10-11,14-15H,1,4-7,9,12-13,16H2,2H3. The van der Waals surface area contributed by atoms with Crippen LogP contribution in [0.25, 0.3) is 0 Å². The summed E-state index contributed by atoms with van der Waals surface area (Å²) in [7, 11) is 0. The minimum atomic E-state index is 0.873. The summed E-state index contributed by atoms with van der Waals surface area (Å²) in [5.74, 6) is 0. The Balaban J connectivity index is 2.00. The zero-order valence-electron chi connectivity index (χ0n) is 12.3. The van der Waals surface area contributed by atoms with Crippen LogP contribution in [-0.4, -0.2) is 12.3 Å². The van der Waals surface area contributed by atoms with E-state index in [0.717, 1.165) is 13.0 Å². The first-order chi connectivity index (χ1) is 9.36. The Labute approximate surface area is 118 Å². The van der Waals surface area contributed by atoms with Gasteiger partial charge in [0.1, 0.15) is 0 Å². The summed E-state index contributed by atoms with van der Waals surface area (Å²) in [6.45, 7) is 6.76. The average molecular weight is 257 g/mol. The van der Waals surface area contributed by atoms with Crippen molar-refractivity contribution in [3.8, 4) is 0 Å². The molecule has 0 N–H and O–H groups in total. The lowest BCUT2D eigenvalue weighted by atomic mass is 10.0. The molecule has 0 atom stereocenters. The highest BCUT2D eigenvalue weighted by atomic mass is 14.7. The Bertz CT molecular complexity index is 365. The second-order valence-electron chi connectivity index (χ2n) is 4.92. The molecule has 1 nitrogen and oxygen atoms in total. The smallest absolute Gasteiger partial charge is 0.0364 e. The molecule has 0 aliphatic heterocycles. The zero-order valence-corrected chi connectivity index (χ0v) is 12.3. The molecule has 0 radical (unpaired) electrons. The van der Waals surface area contributed by atoms with Gasteiger partial charge in [-0.3, -0.25) is 4.99 Å². The van der Waals surface area contributed by atoms with Gasteiger partial charge in [0, 0.05) is 12.3 Å². The fourth-order valence-corrected chi connectivity index (χ4v) is 2.26. The maximum absolute atomic E-state index is 4.41. The van der Waals surface area contributed by atoms with Gasteiger partial charge in [-0.05, 0) is 44.2 Å². The quantitative estimate of drug-likeness (QED) is 0.402. The zero-order chi connectivity index (χ0) is 13.8. The van der Waals surface area contributed by atoms with E-state index in [1.54, 1.807) is 0 Å². The van der Waals surface area contributed by atoms with Crippen LogP contribution in [0, 0.1) is 0 Å². The molecule has 1 aromatic carbocycles. The molecule has 1 aromatic rings. The molecular weight excluding hydrogens is 230 g/mol. The van der Waals surface area contributed by atoms with Crippen molar-refractivity contribution in [3.05, 3.63) is 48.6 Å². The van der Waals surface area contributed by atoms with Gasteiger partial charge in [0.05, 0.1) is 0 Å². The summed E-state index contributed by atoms with van der Waals surface area (Å²) in [5, 5.41) is 0. The van der Waals surface area contributed by atoms with Gasteiger partial charge in [-0.15, -0.1) is 0 Å². The van der Waals surface area contributed by atoms with Gasteiger partial charge in [-0.2, -0.15) is 0 Å². The summed E-state index contributed by atoms with van der Waals surface area (Å²) in [4.78, 5) is 4.41. The van der Waals surface area contributed by atoms with E-state index in [2.05, 4.69) is 48.8 Å². The molecule has 0 heterocycles. The van der Waals surface area contributed by atoms with Crippen LogP contribution in [0.5, 0.6) is 0 Å². The third-order valence-electron chi connectivity index (χ3n) is 3.34. The number of aryl methyl sites for hydroxylation is 1. The topological polar surface area (TPSA) is 12.4 Å². The number of nitrogens with zero attached hydrogens (tertiary/aromatic N) is 1. The molecule has 0 saturated heterocycles. The molecule has 0 fully saturated rings.